The van der Waals surface area contributed by atoms with Crippen molar-refractivity contribution in [2.75, 3.05) is 5.75 Å². The molecular weight excluding hydrogens is 330 g/mol. The zero-order valence-electron chi connectivity index (χ0n) is 10.4. The highest BCUT2D eigenvalue weighted by molar-refractivity contribution is 9.10. The van der Waals surface area contributed by atoms with Gasteiger partial charge in [0.15, 0.2) is 11.0 Å². The van der Waals surface area contributed by atoms with E-state index in [1.807, 2.05) is 25.1 Å². The molecule has 0 saturated heterocycles. The number of aliphatic carboxylic acids is 1. The van der Waals surface area contributed by atoms with Crippen LogP contribution in [0.5, 0.6) is 0 Å². The zero-order chi connectivity index (χ0) is 14.0. The van der Waals surface area contributed by atoms with E-state index < -0.39 is 5.97 Å². The molecule has 5 nitrogen and oxygen atoms in total. The van der Waals surface area contributed by atoms with E-state index in [2.05, 4.69) is 26.0 Å². The standard InChI is InChI=1S/C12H12BrN3O2S/c1-7-3-4-8(9(13)5-7)11-14-12(16(2)15-11)19-6-10(17)18/h3-5H,6H2,1-2H3,(H,17,18). The molecule has 2 rings (SSSR count). The Kier molecular flexibility index (Phi) is 4.26. The zero-order valence-corrected chi connectivity index (χ0v) is 12.8. The molecule has 1 aromatic heterocycles. The fourth-order valence-electron chi connectivity index (χ4n) is 1.54. The van der Waals surface area contributed by atoms with Crippen LogP contribution in [0.4, 0.5) is 0 Å². The highest BCUT2D eigenvalue weighted by Gasteiger charge is 2.13. The SMILES string of the molecule is Cc1ccc(-c2nc(SCC(=O)O)n(C)n2)c(Br)c1. The fraction of sp³-hybridized carbons (Fsp3) is 0.250. The van der Waals surface area contributed by atoms with Crippen molar-refractivity contribution in [2.45, 2.75) is 12.1 Å². The first-order chi connectivity index (χ1) is 8.97. The number of carboxylic acids is 1. The predicted octanol–water partition coefficient (Wildman–Crippen LogP) is 2.73. The topological polar surface area (TPSA) is 68.0 Å². The number of hydrogen-bond donors (Lipinski definition) is 1. The lowest BCUT2D eigenvalue weighted by Gasteiger charge is -2.00. The van der Waals surface area contributed by atoms with Crippen molar-refractivity contribution in [3.05, 3.63) is 28.2 Å². The van der Waals surface area contributed by atoms with Crippen molar-refractivity contribution in [3.63, 3.8) is 0 Å². The summed E-state index contributed by atoms with van der Waals surface area (Å²) < 4.78 is 2.52. The van der Waals surface area contributed by atoms with Gasteiger partial charge in [0.2, 0.25) is 0 Å². The lowest BCUT2D eigenvalue weighted by atomic mass is 10.1. The highest BCUT2D eigenvalue weighted by atomic mass is 79.9. The summed E-state index contributed by atoms with van der Waals surface area (Å²) in [6.45, 7) is 2.01. The molecule has 0 fully saturated rings. The number of benzene rings is 1. The molecule has 0 aliphatic heterocycles. The van der Waals surface area contributed by atoms with Crippen LogP contribution in [0, 0.1) is 6.92 Å². The third-order valence-corrected chi connectivity index (χ3v) is 4.07. The van der Waals surface area contributed by atoms with Crippen LogP contribution < -0.4 is 0 Å². The Morgan fingerprint density at radius 3 is 2.89 bits per heavy atom. The van der Waals surface area contributed by atoms with E-state index in [1.54, 1.807) is 11.7 Å². The molecule has 0 spiro atoms. The Labute approximate surface area is 123 Å². The number of nitrogens with zero attached hydrogens (tertiary/aromatic N) is 3. The largest absolute Gasteiger partial charge is 0.481 e. The Balaban J connectivity index is 2.31. The highest BCUT2D eigenvalue weighted by Crippen LogP contribution is 2.28. The van der Waals surface area contributed by atoms with Crippen LogP contribution in [0.1, 0.15) is 5.56 Å². The summed E-state index contributed by atoms with van der Waals surface area (Å²) in [7, 11) is 1.75. The van der Waals surface area contributed by atoms with Gasteiger partial charge in [0.05, 0.1) is 5.75 Å². The smallest absolute Gasteiger partial charge is 0.313 e. The van der Waals surface area contributed by atoms with Crippen molar-refractivity contribution in [3.8, 4) is 11.4 Å². The van der Waals surface area contributed by atoms with Crippen LogP contribution in [0.3, 0.4) is 0 Å². The number of aromatic nitrogens is 3. The molecule has 0 saturated carbocycles. The number of aryl methyl sites for hydroxylation is 2. The van der Waals surface area contributed by atoms with E-state index in [0.717, 1.165) is 27.4 Å². The summed E-state index contributed by atoms with van der Waals surface area (Å²) in [5.74, 6) is -0.311. The third kappa shape index (κ3) is 3.36. The van der Waals surface area contributed by atoms with Crippen molar-refractivity contribution >= 4 is 33.7 Å². The van der Waals surface area contributed by atoms with Gasteiger partial charge in [-0.3, -0.25) is 4.79 Å². The predicted molar refractivity (Wildman–Crippen MR) is 77.2 cm³/mol. The molecule has 0 bridgehead atoms. The van der Waals surface area contributed by atoms with Crippen LogP contribution in [0.25, 0.3) is 11.4 Å². The second kappa shape index (κ2) is 5.75. The van der Waals surface area contributed by atoms with Crippen molar-refractivity contribution in [1.82, 2.24) is 14.8 Å². The Morgan fingerprint density at radius 2 is 2.26 bits per heavy atom. The van der Waals surface area contributed by atoms with Crippen LogP contribution in [0.2, 0.25) is 0 Å². The maximum Gasteiger partial charge on any atom is 0.313 e. The molecule has 1 N–H and O–H groups in total. The minimum Gasteiger partial charge on any atom is -0.481 e. The van der Waals surface area contributed by atoms with Crippen molar-refractivity contribution in [2.24, 2.45) is 7.05 Å². The molecule has 7 heteroatoms. The summed E-state index contributed by atoms with van der Waals surface area (Å²) in [5.41, 5.74) is 2.04. The van der Waals surface area contributed by atoms with E-state index in [4.69, 9.17) is 5.11 Å². The second-order valence-corrected chi connectivity index (χ2v) is 5.80. The normalized spacial score (nSPS) is 10.7. The average molecular weight is 342 g/mol. The maximum atomic E-state index is 10.6. The van der Waals surface area contributed by atoms with Gasteiger partial charge in [-0.2, -0.15) is 5.10 Å². The van der Waals surface area contributed by atoms with Crippen LogP contribution >= 0.6 is 27.7 Å². The van der Waals surface area contributed by atoms with E-state index in [1.165, 1.54) is 0 Å². The Hall–Kier alpha value is -1.34. The van der Waals surface area contributed by atoms with E-state index in [0.29, 0.717) is 11.0 Å². The lowest BCUT2D eigenvalue weighted by Crippen LogP contribution is -2.00. The molecule has 2 aromatic rings. The minimum atomic E-state index is -0.869. The fourth-order valence-corrected chi connectivity index (χ4v) is 2.84. The molecule has 0 amide bonds. The number of halogens is 1. The minimum absolute atomic E-state index is 0.0267. The van der Waals surface area contributed by atoms with Crippen LogP contribution in [-0.4, -0.2) is 31.6 Å². The summed E-state index contributed by atoms with van der Waals surface area (Å²) in [6, 6.07) is 5.93. The third-order valence-electron chi connectivity index (χ3n) is 2.41. The number of rotatable bonds is 4. The van der Waals surface area contributed by atoms with Gasteiger partial charge in [0.25, 0.3) is 0 Å². The molecular formula is C12H12BrN3O2S. The quantitative estimate of drug-likeness (QED) is 0.866. The van der Waals surface area contributed by atoms with Gasteiger partial charge >= 0.3 is 5.97 Å². The first kappa shape index (κ1) is 14.1. The van der Waals surface area contributed by atoms with Gasteiger partial charge in [0.1, 0.15) is 0 Å². The molecule has 0 aliphatic carbocycles. The number of carboxylic acid groups (broad SMARTS) is 1. The molecule has 19 heavy (non-hydrogen) atoms. The molecule has 0 radical (unpaired) electrons. The summed E-state index contributed by atoms with van der Waals surface area (Å²) in [5, 5.41) is 13.6. The van der Waals surface area contributed by atoms with Crippen molar-refractivity contribution < 1.29 is 9.90 Å². The molecule has 0 unspecified atom stereocenters. The molecule has 100 valence electrons. The van der Waals surface area contributed by atoms with Crippen LogP contribution in [0.15, 0.2) is 27.8 Å². The van der Waals surface area contributed by atoms with Gasteiger partial charge < -0.3 is 5.11 Å². The monoisotopic (exact) mass is 341 g/mol. The molecule has 0 atom stereocenters. The average Bonchev–Trinajstić information content (AvgIpc) is 2.67. The van der Waals surface area contributed by atoms with Gasteiger partial charge in [-0.15, -0.1) is 0 Å². The lowest BCUT2D eigenvalue weighted by molar-refractivity contribution is -0.133. The Morgan fingerprint density at radius 1 is 1.53 bits per heavy atom. The summed E-state index contributed by atoms with van der Waals surface area (Å²) in [6.07, 6.45) is 0. The maximum absolute atomic E-state index is 10.6. The van der Waals surface area contributed by atoms with Crippen molar-refractivity contribution in [1.29, 1.82) is 0 Å². The number of hydrogen-bond acceptors (Lipinski definition) is 4. The first-order valence-corrected chi connectivity index (χ1v) is 7.27. The van der Waals surface area contributed by atoms with Gasteiger partial charge in [0, 0.05) is 17.1 Å². The number of carbonyl (C=O) groups is 1. The van der Waals surface area contributed by atoms with Crippen LogP contribution in [-0.2, 0) is 11.8 Å². The molecule has 0 aliphatic rings. The van der Waals surface area contributed by atoms with E-state index in [-0.39, 0.29) is 5.75 Å². The summed E-state index contributed by atoms with van der Waals surface area (Å²) >= 11 is 4.64. The van der Waals surface area contributed by atoms with Gasteiger partial charge in [-0.1, -0.05) is 33.8 Å². The van der Waals surface area contributed by atoms with Gasteiger partial charge in [-0.25, -0.2) is 9.67 Å². The van der Waals surface area contributed by atoms with E-state index in [9.17, 15) is 4.79 Å². The number of thioether (sulfide) groups is 1. The second-order valence-electron chi connectivity index (χ2n) is 4.01. The van der Waals surface area contributed by atoms with E-state index >= 15 is 0 Å². The Bertz CT molecular complexity index is 627. The summed E-state index contributed by atoms with van der Waals surface area (Å²) in [4.78, 5) is 14.9. The molecule has 1 heterocycles. The van der Waals surface area contributed by atoms with Gasteiger partial charge in [-0.05, 0) is 24.6 Å². The molecule has 1 aromatic carbocycles. The first-order valence-electron chi connectivity index (χ1n) is 5.49.